The maximum absolute atomic E-state index is 13.1. The number of aromatic nitrogens is 2. The number of likely N-dealkylation sites (tertiary alicyclic amines) is 1. The first kappa shape index (κ1) is 18.9. The van der Waals surface area contributed by atoms with E-state index < -0.39 is 5.91 Å². The summed E-state index contributed by atoms with van der Waals surface area (Å²) in [7, 11) is 0. The van der Waals surface area contributed by atoms with E-state index in [1.54, 1.807) is 18.2 Å². The second-order valence-corrected chi connectivity index (χ2v) is 6.81. The zero-order valence-electron chi connectivity index (χ0n) is 15.6. The Kier molecular flexibility index (Phi) is 6.11. The van der Waals surface area contributed by atoms with Gasteiger partial charge in [0.1, 0.15) is 11.4 Å². The number of H-pyrrole nitrogens is 1. The van der Waals surface area contributed by atoms with Crippen LogP contribution in [-0.2, 0) is 0 Å². The summed E-state index contributed by atoms with van der Waals surface area (Å²) < 4.78 is 5.66. The quantitative estimate of drug-likeness (QED) is 0.731. The SMILES string of the molecule is CCCCOc1ccc(C(=O)N2CCCCC2c2cc(C(N)=O)n[nH]2)cc1. The molecule has 1 unspecified atom stereocenters. The van der Waals surface area contributed by atoms with E-state index in [-0.39, 0.29) is 17.6 Å². The second kappa shape index (κ2) is 8.70. The van der Waals surface area contributed by atoms with Gasteiger partial charge in [0.15, 0.2) is 0 Å². The van der Waals surface area contributed by atoms with Crippen molar-refractivity contribution in [2.45, 2.75) is 45.1 Å². The van der Waals surface area contributed by atoms with Crippen LogP contribution in [0.3, 0.4) is 0 Å². The molecule has 27 heavy (non-hydrogen) atoms. The third-order valence-corrected chi connectivity index (χ3v) is 4.84. The van der Waals surface area contributed by atoms with Crippen molar-refractivity contribution in [3.8, 4) is 5.75 Å². The highest BCUT2D eigenvalue weighted by atomic mass is 16.5. The van der Waals surface area contributed by atoms with Crippen molar-refractivity contribution < 1.29 is 14.3 Å². The smallest absolute Gasteiger partial charge is 0.269 e. The van der Waals surface area contributed by atoms with Crippen LogP contribution in [0.5, 0.6) is 5.75 Å². The van der Waals surface area contributed by atoms with Crippen LogP contribution < -0.4 is 10.5 Å². The number of nitrogens with one attached hydrogen (secondary N) is 1. The fourth-order valence-corrected chi connectivity index (χ4v) is 3.33. The van der Waals surface area contributed by atoms with Crippen molar-refractivity contribution in [2.24, 2.45) is 5.73 Å². The topological polar surface area (TPSA) is 101 Å². The van der Waals surface area contributed by atoms with Crippen LogP contribution in [0.1, 0.15) is 71.6 Å². The summed E-state index contributed by atoms with van der Waals surface area (Å²) in [5.74, 6) is 0.162. The molecule has 1 aliphatic rings. The minimum atomic E-state index is -0.579. The maximum Gasteiger partial charge on any atom is 0.269 e. The predicted octanol–water partition coefficient (Wildman–Crippen LogP) is 3.05. The van der Waals surface area contributed by atoms with Gasteiger partial charge in [-0.2, -0.15) is 5.10 Å². The van der Waals surface area contributed by atoms with Crippen LogP contribution in [0.4, 0.5) is 0 Å². The molecule has 2 heterocycles. The summed E-state index contributed by atoms with van der Waals surface area (Å²) in [5, 5.41) is 6.82. The molecule has 3 rings (SSSR count). The maximum atomic E-state index is 13.1. The Morgan fingerprint density at radius 3 is 2.74 bits per heavy atom. The van der Waals surface area contributed by atoms with Gasteiger partial charge in [-0.15, -0.1) is 0 Å². The molecule has 0 spiro atoms. The van der Waals surface area contributed by atoms with E-state index in [9.17, 15) is 9.59 Å². The van der Waals surface area contributed by atoms with Crippen LogP contribution >= 0.6 is 0 Å². The summed E-state index contributed by atoms with van der Waals surface area (Å²) in [5.41, 5.74) is 6.85. The van der Waals surface area contributed by atoms with Gasteiger partial charge in [-0.25, -0.2) is 0 Å². The summed E-state index contributed by atoms with van der Waals surface area (Å²) in [4.78, 5) is 26.2. The lowest BCUT2D eigenvalue weighted by atomic mass is 9.98. The third-order valence-electron chi connectivity index (χ3n) is 4.84. The molecule has 1 aromatic carbocycles. The van der Waals surface area contributed by atoms with Gasteiger partial charge >= 0.3 is 0 Å². The van der Waals surface area contributed by atoms with E-state index in [0.717, 1.165) is 43.5 Å². The van der Waals surface area contributed by atoms with E-state index in [0.29, 0.717) is 18.7 Å². The van der Waals surface area contributed by atoms with Gasteiger partial charge in [0.05, 0.1) is 18.3 Å². The molecular formula is C20H26N4O3. The molecule has 144 valence electrons. The summed E-state index contributed by atoms with van der Waals surface area (Å²) in [6.07, 6.45) is 4.89. The molecule has 1 aromatic heterocycles. The number of amides is 2. The number of carbonyl (C=O) groups excluding carboxylic acids is 2. The van der Waals surface area contributed by atoms with Crippen molar-refractivity contribution >= 4 is 11.8 Å². The van der Waals surface area contributed by atoms with E-state index in [4.69, 9.17) is 10.5 Å². The molecule has 0 saturated carbocycles. The first-order chi connectivity index (χ1) is 13.1. The lowest BCUT2D eigenvalue weighted by molar-refractivity contribution is 0.0606. The Balaban J connectivity index is 1.73. The summed E-state index contributed by atoms with van der Waals surface area (Å²) >= 11 is 0. The molecule has 7 heteroatoms. The monoisotopic (exact) mass is 370 g/mol. The number of aromatic amines is 1. The number of unbranched alkanes of at least 4 members (excludes halogenated alkanes) is 1. The van der Waals surface area contributed by atoms with Crippen LogP contribution in [0.15, 0.2) is 30.3 Å². The lowest BCUT2D eigenvalue weighted by Crippen LogP contribution is -2.38. The molecule has 1 atom stereocenters. The third kappa shape index (κ3) is 4.48. The Bertz CT molecular complexity index is 785. The first-order valence-electron chi connectivity index (χ1n) is 9.49. The molecule has 1 fully saturated rings. The molecule has 0 bridgehead atoms. The number of primary amides is 1. The Labute approximate surface area is 158 Å². The van der Waals surface area contributed by atoms with E-state index >= 15 is 0 Å². The van der Waals surface area contributed by atoms with Crippen molar-refractivity contribution in [2.75, 3.05) is 13.2 Å². The number of carbonyl (C=O) groups is 2. The van der Waals surface area contributed by atoms with Gasteiger partial charge in [0.25, 0.3) is 11.8 Å². The van der Waals surface area contributed by atoms with Crippen LogP contribution in [-0.4, -0.2) is 40.1 Å². The fraction of sp³-hybridized carbons (Fsp3) is 0.450. The molecule has 1 aliphatic heterocycles. The Morgan fingerprint density at radius 1 is 1.30 bits per heavy atom. The van der Waals surface area contributed by atoms with Crippen molar-refractivity contribution in [3.05, 3.63) is 47.3 Å². The van der Waals surface area contributed by atoms with Crippen LogP contribution in [0, 0.1) is 0 Å². The predicted molar refractivity (Wildman–Crippen MR) is 102 cm³/mol. The highest BCUT2D eigenvalue weighted by Gasteiger charge is 2.30. The fourth-order valence-electron chi connectivity index (χ4n) is 3.33. The zero-order valence-corrected chi connectivity index (χ0v) is 15.6. The van der Waals surface area contributed by atoms with Gasteiger partial charge in [-0.05, 0) is 56.0 Å². The summed E-state index contributed by atoms with van der Waals surface area (Å²) in [6.45, 7) is 3.47. The zero-order chi connectivity index (χ0) is 19.2. The van der Waals surface area contributed by atoms with Gasteiger partial charge < -0.3 is 15.4 Å². The number of rotatable bonds is 7. The molecule has 0 aliphatic carbocycles. The highest BCUT2D eigenvalue weighted by Crippen LogP contribution is 2.31. The second-order valence-electron chi connectivity index (χ2n) is 6.81. The standard InChI is InChI=1S/C20H26N4O3/c1-2-3-12-27-15-9-7-14(8-10-15)20(26)24-11-5-4-6-18(24)16-13-17(19(21)25)23-22-16/h7-10,13,18H,2-6,11-12H2,1H3,(H2,21,25)(H,22,23). The van der Waals surface area contributed by atoms with Crippen LogP contribution in [0.25, 0.3) is 0 Å². The Morgan fingerprint density at radius 2 is 2.07 bits per heavy atom. The van der Waals surface area contributed by atoms with Crippen molar-refractivity contribution in [1.29, 1.82) is 0 Å². The van der Waals surface area contributed by atoms with E-state index in [1.807, 2.05) is 17.0 Å². The number of hydrogen-bond acceptors (Lipinski definition) is 4. The average Bonchev–Trinajstić information content (AvgIpc) is 3.19. The molecule has 0 radical (unpaired) electrons. The minimum absolute atomic E-state index is 0.0324. The number of nitrogens with zero attached hydrogens (tertiary/aromatic N) is 2. The van der Waals surface area contributed by atoms with Crippen molar-refractivity contribution in [3.63, 3.8) is 0 Å². The van der Waals surface area contributed by atoms with Gasteiger partial charge in [-0.3, -0.25) is 14.7 Å². The lowest BCUT2D eigenvalue weighted by Gasteiger charge is -2.35. The molecule has 1 saturated heterocycles. The Hall–Kier alpha value is -2.83. The van der Waals surface area contributed by atoms with Gasteiger partial charge in [0.2, 0.25) is 0 Å². The number of hydrogen-bond donors (Lipinski definition) is 2. The minimum Gasteiger partial charge on any atom is -0.494 e. The molecule has 7 nitrogen and oxygen atoms in total. The molecular weight excluding hydrogens is 344 g/mol. The van der Waals surface area contributed by atoms with Crippen LogP contribution in [0.2, 0.25) is 0 Å². The van der Waals surface area contributed by atoms with Gasteiger partial charge in [-0.1, -0.05) is 13.3 Å². The van der Waals surface area contributed by atoms with Gasteiger partial charge in [0, 0.05) is 12.1 Å². The molecule has 2 amide bonds. The largest absolute Gasteiger partial charge is 0.494 e. The molecule has 2 aromatic rings. The molecule has 3 N–H and O–H groups in total. The van der Waals surface area contributed by atoms with E-state index in [1.165, 1.54) is 0 Å². The highest BCUT2D eigenvalue weighted by molar-refractivity contribution is 5.95. The average molecular weight is 370 g/mol. The summed E-state index contributed by atoms with van der Waals surface area (Å²) in [6, 6.07) is 8.79. The normalized spacial score (nSPS) is 16.9. The van der Waals surface area contributed by atoms with Crippen molar-refractivity contribution in [1.82, 2.24) is 15.1 Å². The number of ether oxygens (including phenoxy) is 1. The van der Waals surface area contributed by atoms with E-state index in [2.05, 4.69) is 17.1 Å². The number of benzene rings is 1. The number of piperidine rings is 1. The first-order valence-corrected chi connectivity index (χ1v) is 9.49. The number of nitrogens with two attached hydrogens (primary N) is 1.